The van der Waals surface area contributed by atoms with Crippen molar-refractivity contribution in [2.75, 3.05) is 19.7 Å². The normalized spacial score (nSPS) is 18.5. The zero-order valence-corrected chi connectivity index (χ0v) is 15.0. The summed E-state index contributed by atoms with van der Waals surface area (Å²) in [5.74, 6) is 0.154. The van der Waals surface area contributed by atoms with Gasteiger partial charge in [0.05, 0.1) is 19.2 Å². The number of ether oxygens (including phenoxy) is 1. The van der Waals surface area contributed by atoms with E-state index in [1.807, 2.05) is 14.0 Å². The van der Waals surface area contributed by atoms with Gasteiger partial charge in [-0.05, 0) is 38.5 Å². The van der Waals surface area contributed by atoms with Crippen molar-refractivity contribution in [2.45, 2.75) is 39.3 Å². The summed E-state index contributed by atoms with van der Waals surface area (Å²) in [6.07, 6.45) is 2.51. The molecule has 1 aromatic rings. The van der Waals surface area contributed by atoms with Crippen LogP contribution in [-0.4, -0.2) is 50.8 Å². The largest absolute Gasteiger partial charge is 0.466 e. The molecule has 1 aromatic heterocycles. The SMILES string of the molecule is CCOC(=O)[C@@H]1CCCN(Cn2nc(CCC(N)=O)n(C)c2=S)C1. The summed E-state index contributed by atoms with van der Waals surface area (Å²) in [6, 6.07) is 0. The van der Waals surface area contributed by atoms with Crippen molar-refractivity contribution in [1.82, 2.24) is 19.2 Å². The first kappa shape index (κ1) is 18.6. The van der Waals surface area contributed by atoms with Gasteiger partial charge in [0.2, 0.25) is 5.91 Å². The summed E-state index contributed by atoms with van der Waals surface area (Å²) in [4.78, 5) is 25.0. The van der Waals surface area contributed by atoms with Crippen LogP contribution in [0.25, 0.3) is 0 Å². The van der Waals surface area contributed by atoms with Crippen molar-refractivity contribution in [3.05, 3.63) is 10.6 Å². The zero-order chi connectivity index (χ0) is 17.7. The van der Waals surface area contributed by atoms with Crippen LogP contribution < -0.4 is 5.73 Å². The first-order valence-electron chi connectivity index (χ1n) is 8.22. The maximum Gasteiger partial charge on any atom is 0.310 e. The molecule has 1 amide bonds. The second-order valence-corrected chi connectivity index (χ2v) is 6.40. The Morgan fingerprint density at radius 2 is 2.21 bits per heavy atom. The van der Waals surface area contributed by atoms with Gasteiger partial charge in [-0.15, -0.1) is 0 Å². The third kappa shape index (κ3) is 4.64. The molecule has 0 radical (unpaired) electrons. The number of nitrogens with two attached hydrogens (primary N) is 1. The molecule has 1 aliphatic rings. The Balaban J connectivity index is 2.02. The van der Waals surface area contributed by atoms with Crippen molar-refractivity contribution >= 4 is 24.1 Å². The Kier molecular flexibility index (Phi) is 6.50. The molecule has 9 heteroatoms. The lowest BCUT2D eigenvalue weighted by Gasteiger charge is -2.31. The molecule has 1 aliphatic heterocycles. The van der Waals surface area contributed by atoms with Crippen LogP contribution in [0.5, 0.6) is 0 Å². The zero-order valence-electron chi connectivity index (χ0n) is 14.2. The third-order valence-corrected chi connectivity index (χ3v) is 4.67. The molecule has 0 unspecified atom stereocenters. The van der Waals surface area contributed by atoms with Gasteiger partial charge in [-0.1, -0.05) is 0 Å². The van der Waals surface area contributed by atoms with E-state index in [0.717, 1.165) is 25.2 Å². The minimum absolute atomic E-state index is 0.0917. The fraction of sp³-hybridized carbons (Fsp3) is 0.733. The van der Waals surface area contributed by atoms with Crippen molar-refractivity contribution in [1.29, 1.82) is 0 Å². The molecule has 8 nitrogen and oxygen atoms in total. The predicted octanol–water partition coefficient (Wildman–Crippen LogP) is 0.602. The van der Waals surface area contributed by atoms with Crippen LogP contribution in [0.2, 0.25) is 0 Å². The molecule has 0 spiro atoms. The molecule has 1 atom stereocenters. The fourth-order valence-electron chi connectivity index (χ4n) is 2.90. The number of esters is 1. The molecule has 2 rings (SSSR count). The van der Waals surface area contributed by atoms with Crippen molar-refractivity contribution in [2.24, 2.45) is 18.7 Å². The Bertz CT molecular complexity index is 654. The standard InChI is InChI=1S/C15H25N5O3S/c1-3-23-14(22)11-5-4-8-19(9-11)10-20-15(24)18(2)13(17-20)7-6-12(16)21/h11H,3-10H2,1-2H3,(H2,16,21)/t11-/m1/s1. The third-order valence-electron chi connectivity index (χ3n) is 4.19. The summed E-state index contributed by atoms with van der Waals surface area (Å²) in [5.41, 5.74) is 5.19. The van der Waals surface area contributed by atoms with Gasteiger partial charge in [-0.3, -0.25) is 14.5 Å². The molecule has 1 fully saturated rings. The number of nitrogens with zero attached hydrogens (tertiary/aromatic N) is 4. The number of hydrogen-bond donors (Lipinski definition) is 1. The highest BCUT2D eigenvalue weighted by atomic mass is 32.1. The minimum Gasteiger partial charge on any atom is -0.466 e. The van der Waals surface area contributed by atoms with Gasteiger partial charge >= 0.3 is 5.97 Å². The maximum atomic E-state index is 11.9. The van der Waals surface area contributed by atoms with Crippen molar-refractivity contribution in [3.63, 3.8) is 0 Å². The number of hydrogen-bond acceptors (Lipinski definition) is 6. The van der Waals surface area contributed by atoms with Gasteiger partial charge < -0.3 is 15.0 Å². The van der Waals surface area contributed by atoms with Crippen LogP contribution in [0.4, 0.5) is 0 Å². The summed E-state index contributed by atoms with van der Waals surface area (Å²) in [5, 5.41) is 4.49. The highest BCUT2D eigenvalue weighted by Gasteiger charge is 2.27. The van der Waals surface area contributed by atoms with Crippen LogP contribution in [0.3, 0.4) is 0 Å². The second-order valence-electron chi connectivity index (χ2n) is 6.03. The van der Waals surface area contributed by atoms with Crippen LogP contribution in [0, 0.1) is 10.7 Å². The maximum absolute atomic E-state index is 11.9. The molecular formula is C15H25N5O3S. The number of aryl methyl sites for hydroxylation is 1. The Morgan fingerprint density at radius 3 is 2.88 bits per heavy atom. The Labute approximate surface area is 146 Å². The quantitative estimate of drug-likeness (QED) is 0.568. The average molecular weight is 355 g/mol. The molecule has 1 saturated heterocycles. The highest BCUT2D eigenvalue weighted by Crippen LogP contribution is 2.18. The lowest BCUT2D eigenvalue weighted by atomic mass is 9.99. The van der Waals surface area contributed by atoms with E-state index >= 15 is 0 Å². The molecule has 134 valence electrons. The number of piperidine rings is 1. The molecule has 24 heavy (non-hydrogen) atoms. The predicted molar refractivity (Wildman–Crippen MR) is 90.5 cm³/mol. The molecule has 0 aliphatic carbocycles. The molecule has 0 saturated carbocycles. The van der Waals surface area contributed by atoms with E-state index in [1.54, 1.807) is 9.25 Å². The number of carbonyl (C=O) groups is 2. The van der Waals surface area contributed by atoms with Crippen molar-refractivity contribution < 1.29 is 14.3 Å². The van der Waals surface area contributed by atoms with E-state index in [1.165, 1.54) is 0 Å². The Morgan fingerprint density at radius 1 is 1.46 bits per heavy atom. The van der Waals surface area contributed by atoms with Gasteiger partial charge in [-0.25, -0.2) is 4.68 Å². The summed E-state index contributed by atoms with van der Waals surface area (Å²) >= 11 is 5.41. The second kappa shape index (κ2) is 8.39. The van der Waals surface area contributed by atoms with Gasteiger partial charge in [0.25, 0.3) is 0 Å². The number of amides is 1. The van der Waals surface area contributed by atoms with Crippen molar-refractivity contribution in [3.8, 4) is 0 Å². The highest BCUT2D eigenvalue weighted by molar-refractivity contribution is 7.71. The van der Waals surface area contributed by atoms with E-state index in [4.69, 9.17) is 22.7 Å². The monoisotopic (exact) mass is 355 g/mol. The lowest BCUT2D eigenvalue weighted by molar-refractivity contribution is -0.150. The number of likely N-dealkylation sites (tertiary alicyclic amines) is 1. The van der Waals surface area contributed by atoms with Crippen LogP contribution in [0.15, 0.2) is 0 Å². The number of rotatable bonds is 7. The topological polar surface area (TPSA) is 95.4 Å². The fourth-order valence-corrected chi connectivity index (χ4v) is 3.11. The first-order chi connectivity index (χ1) is 11.4. The molecular weight excluding hydrogens is 330 g/mol. The van der Waals surface area contributed by atoms with Crippen LogP contribution in [0.1, 0.15) is 32.0 Å². The first-order valence-corrected chi connectivity index (χ1v) is 8.63. The van der Waals surface area contributed by atoms with Gasteiger partial charge in [0, 0.05) is 26.4 Å². The summed E-state index contributed by atoms with van der Waals surface area (Å²) in [6.45, 7) is 4.29. The smallest absolute Gasteiger partial charge is 0.310 e. The summed E-state index contributed by atoms with van der Waals surface area (Å²) in [7, 11) is 1.83. The van der Waals surface area contributed by atoms with E-state index < -0.39 is 0 Å². The van der Waals surface area contributed by atoms with E-state index in [0.29, 0.717) is 31.0 Å². The number of carbonyl (C=O) groups excluding carboxylic acids is 2. The molecule has 2 N–H and O–H groups in total. The van der Waals surface area contributed by atoms with Gasteiger partial charge in [0.15, 0.2) is 4.77 Å². The molecule has 2 heterocycles. The Hall–Kier alpha value is -1.74. The summed E-state index contributed by atoms with van der Waals surface area (Å²) < 4.78 is 9.25. The molecule has 0 bridgehead atoms. The molecule has 0 aromatic carbocycles. The number of primary amides is 1. The minimum atomic E-state index is -0.358. The van der Waals surface area contributed by atoms with Crippen LogP contribution in [-0.2, 0) is 34.5 Å². The lowest BCUT2D eigenvalue weighted by Crippen LogP contribution is -2.40. The van der Waals surface area contributed by atoms with Gasteiger partial charge in [-0.2, -0.15) is 5.10 Å². The average Bonchev–Trinajstić information content (AvgIpc) is 2.81. The van der Waals surface area contributed by atoms with Gasteiger partial charge in [0.1, 0.15) is 5.82 Å². The van der Waals surface area contributed by atoms with Crippen LogP contribution >= 0.6 is 12.2 Å². The number of aromatic nitrogens is 3. The van der Waals surface area contributed by atoms with E-state index in [9.17, 15) is 9.59 Å². The van der Waals surface area contributed by atoms with E-state index in [-0.39, 0.29) is 24.2 Å². The van der Waals surface area contributed by atoms with E-state index in [2.05, 4.69) is 10.00 Å².